The van der Waals surface area contributed by atoms with Crippen molar-refractivity contribution in [3.05, 3.63) is 40.6 Å². The van der Waals surface area contributed by atoms with Gasteiger partial charge >= 0.3 is 0 Å². The summed E-state index contributed by atoms with van der Waals surface area (Å²) >= 11 is 0. The number of carbonyl (C=O) groups is 1. The SMILES string of the molecule is Cc1cc(C)c(NC(=O)/C(C#N)=C\NC2CC2)c(C)c1. The fraction of sp³-hybridized carbons (Fsp3) is 0.375. The van der Waals surface area contributed by atoms with Crippen LogP contribution in [0.5, 0.6) is 0 Å². The maximum Gasteiger partial charge on any atom is 0.267 e. The molecule has 4 heteroatoms. The number of benzene rings is 1. The maximum absolute atomic E-state index is 12.1. The molecule has 1 aromatic carbocycles. The van der Waals surface area contributed by atoms with Crippen molar-refractivity contribution < 1.29 is 4.79 Å². The van der Waals surface area contributed by atoms with E-state index in [4.69, 9.17) is 5.26 Å². The van der Waals surface area contributed by atoms with Crippen molar-refractivity contribution in [1.82, 2.24) is 5.32 Å². The maximum atomic E-state index is 12.1. The molecule has 20 heavy (non-hydrogen) atoms. The molecule has 0 radical (unpaired) electrons. The molecule has 4 nitrogen and oxygen atoms in total. The minimum atomic E-state index is -0.365. The van der Waals surface area contributed by atoms with Gasteiger partial charge in [0.05, 0.1) is 0 Å². The fourth-order valence-corrected chi connectivity index (χ4v) is 2.16. The van der Waals surface area contributed by atoms with Gasteiger partial charge in [-0.15, -0.1) is 0 Å². The normalized spacial score (nSPS) is 14.6. The van der Waals surface area contributed by atoms with Crippen LogP contribution in [0, 0.1) is 32.1 Å². The summed E-state index contributed by atoms with van der Waals surface area (Å²) in [5.41, 5.74) is 4.06. The highest BCUT2D eigenvalue weighted by molar-refractivity contribution is 6.07. The van der Waals surface area contributed by atoms with Crippen LogP contribution in [-0.2, 0) is 4.79 Å². The molecule has 0 aliphatic heterocycles. The van der Waals surface area contributed by atoms with E-state index >= 15 is 0 Å². The molecular weight excluding hydrogens is 250 g/mol. The highest BCUT2D eigenvalue weighted by atomic mass is 16.1. The van der Waals surface area contributed by atoms with Crippen molar-refractivity contribution in [2.75, 3.05) is 5.32 Å². The summed E-state index contributed by atoms with van der Waals surface area (Å²) < 4.78 is 0. The predicted molar refractivity (Wildman–Crippen MR) is 79.1 cm³/mol. The van der Waals surface area contributed by atoms with Crippen molar-refractivity contribution in [2.45, 2.75) is 39.7 Å². The van der Waals surface area contributed by atoms with Crippen LogP contribution >= 0.6 is 0 Å². The first kappa shape index (κ1) is 14.1. The molecule has 0 atom stereocenters. The van der Waals surface area contributed by atoms with Crippen molar-refractivity contribution in [2.24, 2.45) is 0 Å². The van der Waals surface area contributed by atoms with Gasteiger partial charge in [0.2, 0.25) is 0 Å². The predicted octanol–water partition coefficient (Wildman–Crippen LogP) is 2.71. The fourth-order valence-electron chi connectivity index (χ4n) is 2.16. The second-order valence-corrected chi connectivity index (χ2v) is 5.34. The zero-order valence-electron chi connectivity index (χ0n) is 12.1. The highest BCUT2D eigenvalue weighted by Gasteiger charge is 2.20. The lowest BCUT2D eigenvalue weighted by Crippen LogP contribution is -2.18. The highest BCUT2D eigenvalue weighted by Crippen LogP contribution is 2.22. The topological polar surface area (TPSA) is 64.9 Å². The van der Waals surface area contributed by atoms with Gasteiger partial charge in [-0.25, -0.2) is 0 Å². The minimum absolute atomic E-state index is 0.108. The number of carbonyl (C=O) groups excluding carboxylic acids is 1. The Morgan fingerprint density at radius 3 is 2.40 bits per heavy atom. The van der Waals surface area contributed by atoms with Crippen LogP contribution in [0.3, 0.4) is 0 Å². The Kier molecular flexibility index (Phi) is 4.09. The summed E-state index contributed by atoms with van der Waals surface area (Å²) in [7, 11) is 0. The lowest BCUT2D eigenvalue weighted by atomic mass is 10.0. The van der Waals surface area contributed by atoms with Crippen molar-refractivity contribution in [3.63, 3.8) is 0 Å². The van der Waals surface area contributed by atoms with E-state index in [2.05, 4.69) is 10.6 Å². The number of nitriles is 1. The lowest BCUT2D eigenvalue weighted by molar-refractivity contribution is -0.112. The second-order valence-electron chi connectivity index (χ2n) is 5.34. The van der Waals surface area contributed by atoms with Crippen LogP contribution in [0.2, 0.25) is 0 Å². The Bertz CT molecular complexity index is 584. The molecule has 1 aliphatic carbocycles. The number of rotatable bonds is 4. The molecule has 1 aliphatic rings. The van der Waals surface area contributed by atoms with E-state index in [1.54, 1.807) is 0 Å². The standard InChI is InChI=1S/C16H19N3O/c1-10-6-11(2)15(12(3)7-10)19-16(20)13(8-17)9-18-14-4-5-14/h6-7,9,14,18H,4-5H2,1-3H3,(H,19,20)/b13-9-. The smallest absolute Gasteiger partial charge is 0.267 e. The molecule has 0 aromatic heterocycles. The number of nitrogens with zero attached hydrogens (tertiary/aromatic N) is 1. The number of amides is 1. The molecule has 2 N–H and O–H groups in total. The van der Waals surface area contributed by atoms with Crippen LogP contribution in [0.25, 0.3) is 0 Å². The Hall–Kier alpha value is -2.28. The van der Waals surface area contributed by atoms with E-state index < -0.39 is 0 Å². The van der Waals surface area contributed by atoms with E-state index in [1.165, 1.54) is 6.20 Å². The average Bonchev–Trinajstić information content (AvgIpc) is 3.18. The van der Waals surface area contributed by atoms with Crippen LogP contribution < -0.4 is 10.6 Å². The zero-order valence-corrected chi connectivity index (χ0v) is 12.1. The van der Waals surface area contributed by atoms with Crippen molar-refractivity contribution in [1.29, 1.82) is 5.26 Å². The molecular formula is C16H19N3O. The molecule has 0 heterocycles. The molecule has 1 saturated carbocycles. The van der Waals surface area contributed by atoms with Crippen molar-refractivity contribution in [3.8, 4) is 6.07 Å². The quantitative estimate of drug-likeness (QED) is 0.652. The Balaban J connectivity index is 2.14. The first-order chi connectivity index (χ1) is 9.51. The number of nitrogens with one attached hydrogen (secondary N) is 2. The molecule has 1 fully saturated rings. The van der Waals surface area contributed by atoms with Gasteiger partial charge in [-0.3, -0.25) is 4.79 Å². The van der Waals surface area contributed by atoms with Crippen LogP contribution in [0.1, 0.15) is 29.5 Å². The molecule has 1 amide bonds. The summed E-state index contributed by atoms with van der Waals surface area (Å²) in [6.45, 7) is 5.92. The number of anilines is 1. The Labute approximate surface area is 119 Å². The first-order valence-electron chi connectivity index (χ1n) is 6.76. The molecule has 0 spiro atoms. The van der Waals surface area contributed by atoms with Gasteiger partial charge in [-0.1, -0.05) is 17.7 Å². The molecule has 1 aromatic rings. The van der Waals surface area contributed by atoms with E-state index in [1.807, 2.05) is 39.0 Å². The largest absolute Gasteiger partial charge is 0.387 e. The van der Waals surface area contributed by atoms with Crippen molar-refractivity contribution >= 4 is 11.6 Å². The summed E-state index contributed by atoms with van der Waals surface area (Å²) in [6.07, 6.45) is 3.73. The second kappa shape index (κ2) is 5.79. The monoisotopic (exact) mass is 269 g/mol. The summed E-state index contributed by atoms with van der Waals surface area (Å²) in [5.74, 6) is -0.365. The van der Waals surface area contributed by atoms with Gasteiger partial charge in [0.1, 0.15) is 11.6 Å². The average molecular weight is 269 g/mol. The molecule has 2 rings (SSSR count). The third-order valence-electron chi connectivity index (χ3n) is 3.32. The third kappa shape index (κ3) is 3.39. The number of hydrogen-bond acceptors (Lipinski definition) is 3. The Morgan fingerprint density at radius 1 is 1.30 bits per heavy atom. The first-order valence-corrected chi connectivity index (χ1v) is 6.76. The van der Waals surface area contributed by atoms with E-state index in [9.17, 15) is 4.79 Å². The van der Waals surface area contributed by atoms with Gasteiger partial charge in [0.25, 0.3) is 5.91 Å². The molecule has 0 bridgehead atoms. The molecule has 0 unspecified atom stereocenters. The van der Waals surface area contributed by atoms with Gasteiger partial charge in [-0.2, -0.15) is 5.26 Å². The summed E-state index contributed by atoms with van der Waals surface area (Å²) in [5, 5.41) is 15.0. The van der Waals surface area contributed by atoms with Gasteiger partial charge in [-0.05, 0) is 44.7 Å². The Morgan fingerprint density at radius 2 is 1.90 bits per heavy atom. The molecule has 104 valence electrons. The third-order valence-corrected chi connectivity index (χ3v) is 3.32. The summed E-state index contributed by atoms with van der Waals surface area (Å²) in [4.78, 5) is 12.1. The molecule has 0 saturated heterocycles. The lowest BCUT2D eigenvalue weighted by Gasteiger charge is -2.12. The zero-order chi connectivity index (χ0) is 14.7. The summed E-state index contributed by atoms with van der Waals surface area (Å²) in [6, 6.07) is 6.40. The number of aryl methyl sites for hydroxylation is 3. The van der Waals surface area contributed by atoms with Crippen LogP contribution in [0.15, 0.2) is 23.9 Å². The minimum Gasteiger partial charge on any atom is -0.387 e. The van der Waals surface area contributed by atoms with Gasteiger partial charge in [0.15, 0.2) is 0 Å². The van der Waals surface area contributed by atoms with E-state index in [0.29, 0.717) is 6.04 Å². The van der Waals surface area contributed by atoms with Gasteiger partial charge in [0, 0.05) is 17.9 Å². The number of hydrogen-bond donors (Lipinski definition) is 2. The van der Waals surface area contributed by atoms with E-state index in [0.717, 1.165) is 35.2 Å². The van der Waals surface area contributed by atoms with Gasteiger partial charge < -0.3 is 10.6 Å². The van der Waals surface area contributed by atoms with Crippen LogP contribution in [0.4, 0.5) is 5.69 Å². The van der Waals surface area contributed by atoms with Crippen LogP contribution in [-0.4, -0.2) is 11.9 Å². The van der Waals surface area contributed by atoms with E-state index in [-0.39, 0.29) is 11.5 Å².